The number of rotatable bonds is 8. The third-order valence-electron chi connectivity index (χ3n) is 4.15. The smallest absolute Gasteiger partial charge is 0.138 e. The summed E-state index contributed by atoms with van der Waals surface area (Å²) >= 11 is 0. The Kier molecular flexibility index (Phi) is 6.13. The van der Waals surface area contributed by atoms with Crippen LogP contribution in [-0.4, -0.2) is 28.1 Å². The maximum absolute atomic E-state index is 4.58. The maximum atomic E-state index is 4.58. The van der Waals surface area contributed by atoms with E-state index in [2.05, 4.69) is 48.3 Å². The Hall–Kier alpha value is -1.68. The first-order valence-electron chi connectivity index (χ1n) is 8.21. The molecular weight excluding hydrogens is 272 g/mol. The third-order valence-corrected chi connectivity index (χ3v) is 4.15. The molecule has 0 aliphatic carbocycles. The highest BCUT2D eigenvalue weighted by Gasteiger charge is 2.13. The van der Waals surface area contributed by atoms with Gasteiger partial charge in [0.05, 0.1) is 5.69 Å². The second kappa shape index (κ2) is 8.08. The Morgan fingerprint density at radius 2 is 2.09 bits per heavy atom. The summed E-state index contributed by atoms with van der Waals surface area (Å²) in [6, 6.07) is 4.09. The predicted octanol–water partition coefficient (Wildman–Crippen LogP) is 3.71. The number of aromatic nitrogens is 3. The predicted molar refractivity (Wildman–Crippen MR) is 91.5 cm³/mol. The summed E-state index contributed by atoms with van der Waals surface area (Å²) in [7, 11) is 2.01. The molecule has 4 heteroatoms. The van der Waals surface area contributed by atoms with Crippen LogP contribution in [0.3, 0.4) is 0 Å². The largest absolute Gasteiger partial charge is 0.320 e. The van der Waals surface area contributed by atoms with Crippen molar-refractivity contribution in [1.29, 1.82) is 0 Å². The molecule has 2 atom stereocenters. The Bertz CT molecular complexity index is 576. The Labute approximate surface area is 134 Å². The number of pyridine rings is 1. The van der Waals surface area contributed by atoms with Crippen LogP contribution in [-0.2, 0) is 0 Å². The van der Waals surface area contributed by atoms with Gasteiger partial charge in [0.25, 0.3) is 0 Å². The van der Waals surface area contributed by atoms with E-state index in [9.17, 15) is 0 Å². The lowest BCUT2D eigenvalue weighted by molar-refractivity contribution is 0.434. The zero-order chi connectivity index (χ0) is 15.9. The van der Waals surface area contributed by atoms with Gasteiger partial charge in [0.2, 0.25) is 0 Å². The normalized spacial score (nSPS) is 14.0. The summed E-state index contributed by atoms with van der Waals surface area (Å²) in [6.45, 7) is 7.79. The molecule has 0 fully saturated rings. The van der Waals surface area contributed by atoms with E-state index in [1.54, 1.807) is 0 Å². The monoisotopic (exact) mass is 300 g/mol. The van der Waals surface area contributed by atoms with Crippen LogP contribution in [0.4, 0.5) is 0 Å². The van der Waals surface area contributed by atoms with Gasteiger partial charge in [0, 0.05) is 18.3 Å². The van der Waals surface area contributed by atoms with Crippen molar-refractivity contribution in [1.82, 2.24) is 19.9 Å². The minimum Gasteiger partial charge on any atom is -0.320 e. The van der Waals surface area contributed by atoms with Gasteiger partial charge in [0.1, 0.15) is 12.1 Å². The highest BCUT2D eigenvalue weighted by atomic mass is 15.1. The van der Waals surface area contributed by atoms with E-state index in [0.29, 0.717) is 5.92 Å². The van der Waals surface area contributed by atoms with Gasteiger partial charge in [-0.05, 0) is 63.4 Å². The van der Waals surface area contributed by atoms with Gasteiger partial charge in [0.15, 0.2) is 0 Å². The molecule has 0 aromatic carbocycles. The lowest BCUT2D eigenvalue weighted by Crippen LogP contribution is -2.10. The van der Waals surface area contributed by atoms with Crippen LogP contribution in [0.15, 0.2) is 30.9 Å². The molecule has 2 unspecified atom stereocenters. The number of nitrogens with zero attached hydrogens (tertiary/aromatic N) is 3. The molecule has 2 aromatic rings. The molecule has 0 aliphatic heterocycles. The lowest BCUT2D eigenvalue weighted by Gasteiger charge is -2.15. The molecular formula is C18H28N4. The van der Waals surface area contributed by atoms with Crippen molar-refractivity contribution < 1.29 is 0 Å². The summed E-state index contributed by atoms with van der Waals surface area (Å²) in [4.78, 5) is 8.99. The van der Waals surface area contributed by atoms with Crippen molar-refractivity contribution in [2.24, 2.45) is 5.92 Å². The minimum atomic E-state index is 0.482. The van der Waals surface area contributed by atoms with Crippen LogP contribution < -0.4 is 5.32 Å². The van der Waals surface area contributed by atoms with Crippen LogP contribution in [0.2, 0.25) is 0 Å². The van der Waals surface area contributed by atoms with Gasteiger partial charge >= 0.3 is 0 Å². The second-order valence-corrected chi connectivity index (χ2v) is 6.38. The number of aryl methyl sites for hydroxylation is 1. The van der Waals surface area contributed by atoms with E-state index in [-0.39, 0.29) is 0 Å². The first-order valence-corrected chi connectivity index (χ1v) is 8.21. The summed E-state index contributed by atoms with van der Waals surface area (Å²) in [5.74, 6) is 2.15. The third kappa shape index (κ3) is 4.67. The summed E-state index contributed by atoms with van der Waals surface area (Å²) in [5, 5.41) is 3.21. The van der Waals surface area contributed by atoms with Crippen molar-refractivity contribution in [3.8, 4) is 5.82 Å². The van der Waals surface area contributed by atoms with Crippen LogP contribution in [0, 0.1) is 12.8 Å². The van der Waals surface area contributed by atoms with Crippen molar-refractivity contribution in [2.75, 3.05) is 13.6 Å². The quantitative estimate of drug-likeness (QED) is 0.756. The van der Waals surface area contributed by atoms with E-state index in [4.69, 9.17) is 0 Å². The fraction of sp³-hybridized carbons (Fsp3) is 0.556. The van der Waals surface area contributed by atoms with Crippen molar-refractivity contribution in [3.63, 3.8) is 0 Å². The van der Waals surface area contributed by atoms with E-state index in [0.717, 1.165) is 24.0 Å². The maximum Gasteiger partial charge on any atom is 0.138 e. The minimum absolute atomic E-state index is 0.482. The van der Waals surface area contributed by atoms with Crippen molar-refractivity contribution >= 4 is 0 Å². The zero-order valence-corrected chi connectivity index (χ0v) is 14.2. The van der Waals surface area contributed by atoms with Crippen LogP contribution in [0.1, 0.15) is 50.3 Å². The van der Waals surface area contributed by atoms with Crippen LogP contribution >= 0.6 is 0 Å². The number of nitrogens with one attached hydrogen (secondary N) is 1. The molecule has 0 radical (unpaired) electrons. The van der Waals surface area contributed by atoms with E-state index >= 15 is 0 Å². The molecule has 2 rings (SSSR count). The topological polar surface area (TPSA) is 42.7 Å². The van der Waals surface area contributed by atoms with Crippen LogP contribution in [0.25, 0.3) is 5.82 Å². The van der Waals surface area contributed by atoms with Gasteiger partial charge in [-0.15, -0.1) is 0 Å². The first kappa shape index (κ1) is 16.7. The number of hydrogen-bond acceptors (Lipinski definition) is 3. The zero-order valence-electron chi connectivity index (χ0n) is 14.2. The molecule has 22 heavy (non-hydrogen) atoms. The highest BCUT2D eigenvalue weighted by molar-refractivity contribution is 5.28. The molecule has 0 saturated heterocycles. The molecule has 0 aliphatic rings. The van der Waals surface area contributed by atoms with Gasteiger partial charge in [-0.3, -0.25) is 4.57 Å². The van der Waals surface area contributed by atoms with Crippen LogP contribution in [0.5, 0.6) is 0 Å². The fourth-order valence-corrected chi connectivity index (χ4v) is 2.85. The fourth-order valence-electron chi connectivity index (χ4n) is 2.85. The SMILES string of the molecule is CNCCCC(C)CC(C)c1cn(-c2cc(C)ccn2)cn1. The van der Waals surface area contributed by atoms with E-state index in [1.165, 1.54) is 24.8 Å². The first-order chi connectivity index (χ1) is 10.6. The van der Waals surface area contributed by atoms with Gasteiger partial charge in [-0.25, -0.2) is 9.97 Å². The number of hydrogen-bond donors (Lipinski definition) is 1. The van der Waals surface area contributed by atoms with Gasteiger partial charge < -0.3 is 5.32 Å². The Balaban J connectivity index is 1.95. The molecule has 4 nitrogen and oxygen atoms in total. The molecule has 2 aromatic heterocycles. The molecule has 0 bridgehead atoms. The Morgan fingerprint density at radius 3 is 2.82 bits per heavy atom. The summed E-state index contributed by atoms with van der Waals surface area (Å²) < 4.78 is 2.02. The molecule has 1 N–H and O–H groups in total. The average molecular weight is 300 g/mol. The standard InChI is InChI=1S/C18H28N4/c1-14(6-5-8-19-4)10-16(3)17-12-22(13-21-17)18-11-15(2)7-9-20-18/h7,9,11-14,16,19H,5-6,8,10H2,1-4H3. The molecule has 0 amide bonds. The van der Waals surface area contributed by atoms with Crippen molar-refractivity contribution in [3.05, 3.63) is 42.1 Å². The molecule has 0 saturated carbocycles. The van der Waals surface area contributed by atoms with Crippen molar-refractivity contribution in [2.45, 2.75) is 46.0 Å². The van der Waals surface area contributed by atoms with E-state index < -0.39 is 0 Å². The molecule has 0 spiro atoms. The summed E-state index contributed by atoms with van der Waals surface area (Å²) in [5.41, 5.74) is 2.37. The number of imidazole rings is 1. The van der Waals surface area contributed by atoms with Gasteiger partial charge in [-0.1, -0.05) is 13.8 Å². The summed E-state index contributed by atoms with van der Waals surface area (Å²) in [6.07, 6.45) is 9.53. The highest BCUT2D eigenvalue weighted by Crippen LogP contribution is 2.24. The molecule has 120 valence electrons. The Morgan fingerprint density at radius 1 is 1.27 bits per heavy atom. The second-order valence-electron chi connectivity index (χ2n) is 6.38. The van der Waals surface area contributed by atoms with Gasteiger partial charge in [-0.2, -0.15) is 0 Å². The van der Waals surface area contributed by atoms with E-state index in [1.807, 2.05) is 30.2 Å². The average Bonchev–Trinajstić information content (AvgIpc) is 2.97. The molecule has 2 heterocycles. The lowest BCUT2D eigenvalue weighted by atomic mass is 9.92.